The van der Waals surface area contributed by atoms with E-state index >= 15 is 0 Å². The Morgan fingerprint density at radius 1 is 1.03 bits per heavy atom. The summed E-state index contributed by atoms with van der Waals surface area (Å²) in [6.45, 7) is 1.83. The molecule has 0 bridgehead atoms. The Hall–Kier alpha value is -3.33. The predicted octanol–water partition coefficient (Wildman–Crippen LogP) is 3.46. The molecule has 186 valence electrons. The molecule has 0 saturated carbocycles. The summed E-state index contributed by atoms with van der Waals surface area (Å²) >= 11 is 2.46. The lowest BCUT2D eigenvalue weighted by atomic mass is 10.1. The molecule has 0 amide bonds. The standard InChI is InChI=1S/C22H21N7O4S3/c30-29(31)20-5-2-1-4-17(20)14-21-23-22(35-25-21)27-10-3-11-28(13-12-27)36(32,33)18-8-6-16(7-9-18)19-15-34-26-24-19/h1-2,4-9,15H,3,10-14H2. The van der Waals surface area contributed by atoms with Crippen LogP contribution in [0.15, 0.2) is 58.8 Å². The number of nitrogens with zero attached hydrogens (tertiary/aromatic N) is 7. The Balaban J connectivity index is 1.26. The van der Waals surface area contributed by atoms with Gasteiger partial charge in [0, 0.05) is 66.7 Å². The SMILES string of the molecule is O=[N+]([O-])c1ccccc1Cc1nsc(N2CCCN(S(=O)(=O)c3ccc(-c4csnn4)cc3)CC2)n1. The summed E-state index contributed by atoms with van der Waals surface area (Å²) in [5.74, 6) is 0.508. The van der Waals surface area contributed by atoms with Gasteiger partial charge in [-0.25, -0.2) is 13.4 Å². The van der Waals surface area contributed by atoms with E-state index in [9.17, 15) is 18.5 Å². The zero-order valence-corrected chi connectivity index (χ0v) is 21.4. The third-order valence-corrected chi connectivity index (χ3v) is 9.10. The van der Waals surface area contributed by atoms with E-state index in [0.717, 1.165) is 5.56 Å². The molecule has 2 aromatic carbocycles. The lowest BCUT2D eigenvalue weighted by molar-refractivity contribution is -0.385. The molecule has 1 aliphatic heterocycles. The fraction of sp³-hybridized carbons (Fsp3) is 0.273. The normalized spacial score (nSPS) is 15.1. The van der Waals surface area contributed by atoms with E-state index in [1.165, 1.54) is 33.4 Å². The number of rotatable bonds is 7. The average molecular weight is 544 g/mol. The van der Waals surface area contributed by atoms with Gasteiger partial charge in [-0.15, -0.1) is 5.10 Å². The number of hydrogen-bond acceptors (Lipinski definition) is 11. The van der Waals surface area contributed by atoms with Crippen molar-refractivity contribution in [2.24, 2.45) is 0 Å². The number of anilines is 1. The van der Waals surface area contributed by atoms with E-state index in [2.05, 4.69) is 18.9 Å². The summed E-state index contributed by atoms with van der Waals surface area (Å²) in [5.41, 5.74) is 2.13. The van der Waals surface area contributed by atoms with Crippen LogP contribution in [-0.4, -0.2) is 62.8 Å². The number of hydrogen-bond donors (Lipinski definition) is 0. The molecule has 2 aromatic heterocycles. The molecule has 36 heavy (non-hydrogen) atoms. The van der Waals surface area contributed by atoms with Crippen LogP contribution in [0.3, 0.4) is 0 Å². The molecule has 0 N–H and O–H groups in total. The van der Waals surface area contributed by atoms with E-state index in [1.54, 1.807) is 42.5 Å². The Morgan fingerprint density at radius 3 is 2.58 bits per heavy atom. The van der Waals surface area contributed by atoms with Crippen molar-refractivity contribution in [3.05, 3.63) is 75.4 Å². The minimum Gasteiger partial charge on any atom is -0.345 e. The van der Waals surface area contributed by atoms with Gasteiger partial charge in [0.25, 0.3) is 5.69 Å². The maximum absolute atomic E-state index is 13.3. The van der Waals surface area contributed by atoms with Crippen molar-refractivity contribution in [1.29, 1.82) is 0 Å². The molecule has 0 radical (unpaired) electrons. The molecule has 14 heteroatoms. The highest BCUT2D eigenvalue weighted by atomic mass is 32.2. The van der Waals surface area contributed by atoms with Crippen LogP contribution >= 0.6 is 23.1 Å². The highest BCUT2D eigenvalue weighted by Crippen LogP contribution is 2.26. The van der Waals surface area contributed by atoms with Crippen molar-refractivity contribution in [3.63, 3.8) is 0 Å². The highest BCUT2D eigenvalue weighted by molar-refractivity contribution is 7.89. The molecule has 1 saturated heterocycles. The topological polar surface area (TPSA) is 135 Å². The Bertz CT molecular complexity index is 1460. The lowest BCUT2D eigenvalue weighted by Crippen LogP contribution is -2.35. The number of benzene rings is 2. The number of aromatic nitrogens is 4. The van der Waals surface area contributed by atoms with Gasteiger partial charge in [0.1, 0.15) is 11.5 Å². The van der Waals surface area contributed by atoms with Crippen molar-refractivity contribution in [2.75, 3.05) is 31.1 Å². The van der Waals surface area contributed by atoms with Gasteiger partial charge >= 0.3 is 0 Å². The zero-order valence-electron chi connectivity index (χ0n) is 18.9. The quantitative estimate of drug-likeness (QED) is 0.254. The van der Waals surface area contributed by atoms with Crippen LogP contribution < -0.4 is 4.90 Å². The molecule has 4 aromatic rings. The first-order valence-corrected chi connectivity index (χ1v) is 14.1. The fourth-order valence-corrected chi connectivity index (χ4v) is 6.69. The minimum atomic E-state index is -3.65. The van der Waals surface area contributed by atoms with Crippen LogP contribution in [0, 0.1) is 10.1 Å². The molecule has 3 heterocycles. The molecule has 0 aliphatic carbocycles. The number of para-hydroxylation sites is 1. The Kier molecular flexibility index (Phi) is 7.00. The lowest BCUT2D eigenvalue weighted by Gasteiger charge is -2.21. The summed E-state index contributed by atoms with van der Waals surface area (Å²) in [7, 11) is -3.65. The van der Waals surface area contributed by atoms with E-state index in [1.807, 2.05) is 10.3 Å². The van der Waals surface area contributed by atoms with Gasteiger partial charge in [-0.1, -0.05) is 34.8 Å². The van der Waals surface area contributed by atoms with Crippen molar-refractivity contribution >= 4 is 43.9 Å². The Morgan fingerprint density at radius 2 is 1.83 bits per heavy atom. The minimum absolute atomic E-state index is 0.0424. The average Bonchev–Trinajstić information content (AvgIpc) is 3.52. The molecule has 11 nitrogen and oxygen atoms in total. The van der Waals surface area contributed by atoms with Crippen molar-refractivity contribution in [1.82, 2.24) is 23.2 Å². The van der Waals surface area contributed by atoms with Crippen LogP contribution in [-0.2, 0) is 16.4 Å². The van der Waals surface area contributed by atoms with E-state index in [0.29, 0.717) is 54.8 Å². The number of nitro benzene ring substituents is 1. The number of nitro groups is 1. The highest BCUT2D eigenvalue weighted by Gasteiger charge is 2.28. The summed E-state index contributed by atoms with van der Waals surface area (Å²) in [4.78, 5) is 17.7. The first kappa shape index (κ1) is 24.4. The summed E-state index contributed by atoms with van der Waals surface area (Å²) in [6.07, 6.45) is 0.899. The van der Waals surface area contributed by atoms with Crippen molar-refractivity contribution in [2.45, 2.75) is 17.7 Å². The van der Waals surface area contributed by atoms with Gasteiger partial charge in [0.05, 0.1) is 9.82 Å². The summed E-state index contributed by atoms with van der Waals surface area (Å²) < 4.78 is 36.3. The summed E-state index contributed by atoms with van der Waals surface area (Å²) in [5, 5.41) is 17.8. The van der Waals surface area contributed by atoms with Crippen molar-refractivity contribution in [3.8, 4) is 11.3 Å². The molecule has 0 unspecified atom stereocenters. The summed E-state index contributed by atoms with van der Waals surface area (Å²) in [6, 6.07) is 13.2. The maximum Gasteiger partial charge on any atom is 0.273 e. The third-order valence-electron chi connectivity index (χ3n) is 5.87. The maximum atomic E-state index is 13.3. The van der Waals surface area contributed by atoms with E-state index in [-0.39, 0.29) is 17.0 Å². The van der Waals surface area contributed by atoms with E-state index in [4.69, 9.17) is 0 Å². The van der Waals surface area contributed by atoms with Crippen molar-refractivity contribution < 1.29 is 13.3 Å². The first-order chi connectivity index (χ1) is 17.4. The van der Waals surface area contributed by atoms with Crippen LogP contribution in [0.1, 0.15) is 17.8 Å². The predicted molar refractivity (Wildman–Crippen MR) is 137 cm³/mol. The zero-order chi connectivity index (χ0) is 25.1. The largest absolute Gasteiger partial charge is 0.345 e. The van der Waals surface area contributed by atoms with Gasteiger partial charge in [-0.3, -0.25) is 10.1 Å². The van der Waals surface area contributed by atoms with Crippen LogP contribution in [0.25, 0.3) is 11.3 Å². The smallest absolute Gasteiger partial charge is 0.273 e. The molecule has 0 spiro atoms. The molecule has 5 rings (SSSR count). The second-order valence-corrected chi connectivity index (χ2v) is 11.4. The molecule has 0 atom stereocenters. The fourth-order valence-electron chi connectivity index (χ4n) is 4.02. The van der Waals surface area contributed by atoms with Gasteiger partial charge in [-0.2, -0.15) is 8.68 Å². The van der Waals surface area contributed by atoms with Crippen LogP contribution in [0.2, 0.25) is 0 Å². The second kappa shape index (κ2) is 10.3. The molecule has 1 aliphatic rings. The van der Waals surface area contributed by atoms with E-state index < -0.39 is 14.9 Å². The molecule has 1 fully saturated rings. The number of sulfonamides is 1. The van der Waals surface area contributed by atoms with Gasteiger partial charge in [0.2, 0.25) is 15.2 Å². The van der Waals surface area contributed by atoms with Gasteiger partial charge < -0.3 is 4.90 Å². The van der Waals surface area contributed by atoms with Crippen LogP contribution in [0.5, 0.6) is 0 Å². The third kappa shape index (κ3) is 5.11. The Labute approximate surface area is 215 Å². The van der Waals surface area contributed by atoms with Crippen LogP contribution in [0.4, 0.5) is 10.8 Å². The van der Waals surface area contributed by atoms with Gasteiger partial charge in [-0.05, 0) is 30.1 Å². The molecular formula is C22H21N7O4S3. The van der Waals surface area contributed by atoms with Gasteiger partial charge in [0.15, 0.2) is 0 Å². The molecular weight excluding hydrogens is 522 g/mol. The first-order valence-electron chi connectivity index (χ1n) is 11.1. The monoisotopic (exact) mass is 543 g/mol. The second-order valence-electron chi connectivity index (χ2n) is 8.11.